The molecule has 0 bridgehead atoms. The van der Waals surface area contributed by atoms with Gasteiger partial charge < -0.3 is 25.3 Å². The first-order chi connectivity index (χ1) is 13.1. The number of hydrogen-bond acceptors (Lipinski definition) is 4. The number of ether oxygens (including phenoxy) is 3. The molecule has 0 aromatic heterocycles. The van der Waals surface area contributed by atoms with Crippen molar-refractivity contribution in [2.75, 3.05) is 34.4 Å². The molecule has 0 radical (unpaired) electrons. The first-order valence-electron chi connectivity index (χ1n) is 8.64. The number of benzene rings is 2. The van der Waals surface area contributed by atoms with Crippen LogP contribution in [-0.4, -0.2) is 40.4 Å². The third-order valence-electron chi connectivity index (χ3n) is 4.09. The molecule has 28 heavy (non-hydrogen) atoms. The van der Waals surface area contributed by atoms with Crippen LogP contribution in [0.5, 0.6) is 17.2 Å². The quantitative estimate of drug-likeness (QED) is 0.300. The summed E-state index contributed by atoms with van der Waals surface area (Å²) in [6.45, 7) is 1.23. The Morgan fingerprint density at radius 3 is 2.39 bits per heavy atom. The molecule has 0 unspecified atom stereocenters. The molecule has 154 valence electrons. The standard InChI is InChI=1S/C20H26ClN3O3.HI/c1-25-16-6-5-15(17(21)13-16)9-11-24-20(22)23-10-8-14-4-7-18(26-2)19(12-14)27-3;/h4-7,12-13H,8-11H2,1-3H3,(H3,22,23,24);1H. The van der Waals surface area contributed by atoms with E-state index in [0.717, 1.165) is 23.3 Å². The molecular weight excluding hydrogens is 493 g/mol. The van der Waals surface area contributed by atoms with Crippen LogP contribution in [-0.2, 0) is 12.8 Å². The van der Waals surface area contributed by atoms with E-state index in [1.807, 2.05) is 30.3 Å². The van der Waals surface area contributed by atoms with Crippen LogP contribution >= 0.6 is 35.6 Å². The number of methoxy groups -OCH3 is 3. The van der Waals surface area contributed by atoms with Crippen LogP contribution in [0.4, 0.5) is 0 Å². The Morgan fingerprint density at radius 2 is 1.75 bits per heavy atom. The Morgan fingerprint density at radius 1 is 1.00 bits per heavy atom. The highest BCUT2D eigenvalue weighted by Gasteiger charge is 2.05. The summed E-state index contributed by atoms with van der Waals surface area (Å²) in [5, 5.41) is 3.79. The fourth-order valence-electron chi connectivity index (χ4n) is 2.58. The average Bonchev–Trinajstić information content (AvgIpc) is 2.69. The monoisotopic (exact) mass is 519 g/mol. The van der Waals surface area contributed by atoms with Crippen molar-refractivity contribution in [1.29, 1.82) is 0 Å². The van der Waals surface area contributed by atoms with Gasteiger partial charge in [-0.2, -0.15) is 0 Å². The van der Waals surface area contributed by atoms with Gasteiger partial charge in [-0.25, -0.2) is 0 Å². The Bertz CT molecular complexity index is 787. The van der Waals surface area contributed by atoms with Gasteiger partial charge in [-0.1, -0.05) is 23.7 Å². The molecule has 0 heterocycles. The lowest BCUT2D eigenvalue weighted by molar-refractivity contribution is 0.354. The van der Waals surface area contributed by atoms with Gasteiger partial charge in [0.25, 0.3) is 0 Å². The second-order valence-corrected chi connectivity index (χ2v) is 6.25. The zero-order valence-corrected chi connectivity index (χ0v) is 19.4. The molecule has 0 fully saturated rings. The molecule has 0 spiro atoms. The normalized spacial score (nSPS) is 10.8. The summed E-state index contributed by atoms with van der Waals surface area (Å²) in [7, 11) is 4.86. The summed E-state index contributed by atoms with van der Waals surface area (Å²) in [5.74, 6) is 2.59. The van der Waals surface area contributed by atoms with Gasteiger partial charge in [0.15, 0.2) is 17.5 Å². The SMILES string of the molecule is COc1ccc(CCN=C(N)NCCc2ccc(OC)c(OC)c2)c(Cl)c1.I. The summed E-state index contributed by atoms with van der Waals surface area (Å²) in [5.41, 5.74) is 8.07. The zero-order valence-electron chi connectivity index (χ0n) is 16.3. The van der Waals surface area contributed by atoms with Crippen LogP contribution in [0, 0.1) is 0 Å². The Labute approximate surface area is 188 Å². The largest absolute Gasteiger partial charge is 0.497 e. The predicted molar refractivity (Wildman–Crippen MR) is 125 cm³/mol. The predicted octanol–water partition coefficient (Wildman–Crippen LogP) is 3.67. The third-order valence-corrected chi connectivity index (χ3v) is 4.44. The Hall–Kier alpha value is -1.87. The second-order valence-electron chi connectivity index (χ2n) is 5.84. The van der Waals surface area contributed by atoms with Crippen LogP contribution in [0.3, 0.4) is 0 Å². The lowest BCUT2D eigenvalue weighted by atomic mass is 10.1. The van der Waals surface area contributed by atoms with E-state index in [0.29, 0.717) is 42.0 Å². The van der Waals surface area contributed by atoms with Crippen LogP contribution in [0.15, 0.2) is 41.4 Å². The summed E-state index contributed by atoms with van der Waals surface area (Å²) < 4.78 is 15.7. The number of rotatable bonds is 9. The topological polar surface area (TPSA) is 78.1 Å². The van der Waals surface area contributed by atoms with Gasteiger partial charge >= 0.3 is 0 Å². The van der Waals surface area contributed by atoms with Crippen molar-refractivity contribution in [3.63, 3.8) is 0 Å². The molecule has 8 heteroatoms. The fourth-order valence-corrected chi connectivity index (χ4v) is 2.85. The van der Waals surface area contributed by atoms with E-state index in [1.165, 1.54) is 0 Å². The van der Waals surface area contributed by atoms with E-state index in [9.17, 15) is 0 Å². The molecule has 2 rings (SSSR count). The Kier molecular flexibility index (Phi) is 10.8. The smallest absolute Gasteiger partial charge is 0.188 e. The molecule has 0 saturated heterocycles. The van der Waals surface area contributed by atoms with E-state index in [1.54, 1.807) is 27.4 Å². The minimum Gasteiger partial charge on any atom is -0.497 e. The van der Waals surface area contributed by atoms with Crippen LogP contribution in [0.2, 0.25) is 5.02 Å². The molecule has 0 amide bonds. The highest BCUT2D eigenvalue weighted by Crippen LogP contribution is 2.27. The minimum atomic E-state index is 0. The number of hydrogen-bond donors (Lipinski definition) is 2. The molecule has 0 aliphatic heterocycles. The van der Waals surface area contributed by atoms with Gasteiger partial charge in [-0.3, -0.25) is 4.99 Å². The van der Waals surface area contributed by atoms with E-state index in [-0.39, 0.29) is 24.0 Å². The summed E-state index contributed by atoms with van der Waals surface area (Å²) in [4.78, 5) is 4.34. The van der Waals surface area contributed by atoms with Crippen molar-refractivity contribution in [2.24, 2.45) is 10.7 Å². The van der Waals surface area contributed by atoms with Crippen molar-refractivity contribution < 1.29 is 14.2 Å². The summed E-state index contributed by atoms with van der Waals surface area (Å²) >= 11 is 6.23. The van der Waals surface area contributed by atoms with Crippen LogP contribution < -0.4 is 25.3 Å². The zero-order chi connectivity index (χ0) is 19.6. The van der Waals surface area contributed by atoms with Crippen molar-refractivity contribution in [2.45, 2.75) is 12.8 Å². The van der Waals surface area contributed by atoms with Gasteiger partial charge in [0.05, 0.1) is 21.3 Å². The van der Waals surface area contributed by atoms with Crippen LogP contribution in [0.1, 0.15) is 11.1 Å². The van der Waals surface area contributed by atoms with Gasteiger partial charge in [0.1, 0.15) is 5.75 Å². The Balaban J connectivity index is 0.00000392. The number of aliphatic imine (C=N–C) groups is 1. The molecule has 0 saturated carbocycles. The highest BCUT2D eigenvalue weighted by molar-refractivity contribution is 14.0. The molecule has 6 nitrogen and oxygen atoms in total. The molecule has 0 atom stereocenters. The van der Waals surface area contributed by atoms with Gasteiger partial charge in [-0.05, 0) is 48.2 Å². The van der Waals surface area contributed by atoms with E-state index < -0.39 is 0 Å². The minimum absolute atomic E-state index is 0. The van der Waals surface area contributed by atoms with Gasteiger partial charge in [-0.15, -0.1) is 24.0 Å². The summed E-state index contributed by atoms with van der Waals surface area (Å²) in [6.07, 6.45) is 1.50. The number of halogens is 2. The fraction of sp³-hybridized carbons (Fsp3) is 0.350. The van der Waals surface area contributed by atoms with Crippen molar-refractivity contribution in [1.82, 2.24) is 5.32 Å². The maximum Gasteiger partial charge on any atom is 0.188 e. The highest BCUT2D eigenvalue weighted by atomic mass is 127. The maximum atomic E-state index is 6.23. The number of nitrogens with two attached hydrogens (primary N) is 1. The lowest BCUT2D eigenvalue weighted by Gasteiger charge is -2.10. The first kappa shape index (κ1) is 24.2. The van der Waals surface area contributed by atoms with Gasteiger partial charge in [0.2, 0.25) is 0 Å². The van der Waals surface area contributed by atoms with Crippen LogP contribution in [0.25, 0.3) is 0 Å². The summed E-state index contributed by atoms with van der Waals surface area (Å²) in [6, 6.07) is 11.5. The van der Waals surface area contributed by atoms with E-state index in [4.69, 9.17) is 31.5 Å². The van der Waals surface area contributed by atoms with Gasteiger partial charge in [0, 0.05) is 18.1 Å². The van der Waals surface area contributed by atoms with Crippen molar-refractivity contribution >= 4 is 41.5 Å². The maximum absolute atomic E-state index is 6.23. The second kappa shape index (κ2) is 12.6. The lowest BCUT2D eigenvalue weighted by Crippen LogP contribution is -2.33. The molecule has 0 aliphatic rings. The molecule has 2 aromatic carbocycles. The number of guanidine groups is 1. The van der Waals surface area contributed by atoms with Crippen molar-refractivity contribution in [3.8, 4) is 17.2 Å². The third kappa shape index (κ3) is 7.27. The van der Waals surface area contributed by atoms with Crippen molar-refractivity contribution in [3.05, 3.63) is 52.5 Å². The number of nitrogens with zero attached hydrogens (tertiary/aromatic N) is 1. The molecule has 2 aromatic rings. The average molecular weight is 520 g/mol. The first-order valence-corrected chi connectivity index (χ1v) is 9.02. The molecule has 0 aliphatic carbocycles. The molecule has 3 N–H and O–H groups in total. The molecular formula is C20H27ClIN3O3. The van der Waals surface area contributed by atoms with E-state index in [2.05, 4.69) is 10.3 Å². The number of nitrogens with one attached hydrogen (secondary N) is 1. The van der Waals surface area contributed by atoms with E-state index >= 15 is 0 Å².